The van der Waals surface area contributed by atoms with Crippen molar-refractivity contribution in [2.24, 2.45) is 0 Å². The summed E-state index contributed by atoms with van der Waals surface area (Å²) in [5.41, 5.74) is 4.31. The van der Waals surface area contributed by atoms with Crippen LogP contribution in [0.3, 0.4) is 0 Å². The van der Waals surface area contributed by atoms with Gasteiger partial charge < -0.3 is 5.32 Å². The van der Waals surface area contributed by atoms with Crippen LogP contribution in [0.2, 0.25) is 0 Å². The van der Waals surface area contributed by atoms with Gasteiger partial charge in [-0.05, 0) is 18.1 Å². The highest BCUT2D eigenvalue weighted by Crippen LogP contribution is 2.27. The van der Waals surface area contributed by atoms with Crippen LogP contribution in [0, 0.1) is 6.92 Å². The standard InChI is InChI=1S/C20H18N4/c1-15-14-22-20-19(21-12-13-24(15)20)23-18(16-8-4-2-5-9-16)17-10-6-3-7-11-17/h2-14,18H,1H3,(H,21,23). The lowest BCUT2D eigenvalue weighted by molar-refractivity contribution is 0.921. The number of anilines is 1. The molecule has 0 amide bonds. The number of hydrogen-bond acceptors (Lipinski definition) is 3. The molecule has 0 aliphatic heterocycles. The first-order valence-electron chi connectivity index (χ1n) is 7.98. The summed E-state index contributed by atoms with van der Waals surface area (Å²) in [6.45, 7) is 2.04. The number of rotatable bonds is 4. The Morgan fingerprint density at radius 2 is 1.50 bits per heavy atom. The molecule has 4 nitrogen and oxygen atoms in total. The van der Waals surface area contributed by atoms with Gasteiger partial charge in [-0.2, -0.15) is 0 Å². The Balaban J connectivity index is 1.80. The second-order valence-corrected chi connectivity index (χ2v) is 5.77. The molecule has 0 saturated heterocycles. The van der Waals surface area contributed by atoms with E-state index in [2.05, 4.69) is 63.8 Å². The quantitative estimate of drug-likeness (QED) is 0.612. The average Bonchev–Trinajstić information content (AvgIpc) is 3.03. The lowest BCUT2D eigenvalue weighted by Crippen LogP contribution is -2.14. The van der Waals surface area contributed by atoms with Crippen molar-refractivity contribution in [1.29, 1.82) is 0 Å². The largest absolute Gasteiger partial charge is 0.356 e. The van der Waals surface area contributed by atoms with Gasteiger partial charge in [-0.25, -0.2) is 9.97 Å². The van der Waals surface area contributed by atoms with E-state index in [4.69, 9.17) is 0 Å². The van der Waals surface area contributed by atoms with Crippen molar-refractivity contribution in [2.75, 3.05) is 5.32 Å². The van der Waals surface area contributed by atoms with Crippen LogP contribution >= 0.6 is 0 Å². The molecule has 2 aromatic carbocycles. The summed E-state index contributed by atoms with van der Waals surface area (Å²) in [7, 11) is 0. The summed E-state index contributed by atoms with van der Waals surface area (Å²) in [5.74, 6) is 0.781. The average molecular weight is 314 g/mol. The van der Waals surface area contributed by atoms with Crippen molar-refractivity contribution in [3.05, 3.63) is 96.1 Å². The summed E-state index contributed by atoms with van der Waals surface area (Å²) in [4.78, 5) is 9.01. The Morgan fingerprint density at radius 3 is 2.12 bits per heavy atom. The minimum atomic E-state index is 0.0168. The van der Waals surface area contributed by atoms with Crippen LogP contribution in [0.4, 0.5) is 5.82 Å². The van der Waals surface area contributed by atoms with Gasteiger partial charge in [0.15, 0.2) is 11.5 Å². The normalized spacial score (nSPS) is 11.1. The molecule has 4 rings (SSSR count). The number of imidazole rings is 1. The van der Waals surface area contributed by atoms with Gasteiger partial charge >= 0.3 is 0 Å². The molecule has 0 fully saturated rings. The minimum absolute atomic E-state index is 0.0168. The highest BCUT2D eigenvalue weighted by atomic mass is 15.1. The van der Waals surface area contributed by atoms with E-state index in [-0.39, 0.29) is 6.04 Å². The Hall–Kier alpha value is -3.14. The molecule has 0 atom stereocenters. The second kappa shape index (κ2) is 6.16. The number of nitrogens with zero attached hydrogens (tertiary/aromatic N) is 3. The van der Waals surface area contributed by atoms with E-state index in [1.54, 1.807) is 6.20 Å². The fraction of sp³-hybridized carbons (Fsp3) is 0.100. The molecule has 0 unspecified atom stereocenters. The monoisotopic (exact) mass is 314 g/mol. The van der Waals surface area contributed by atoms with Crippen LogP contribution < -0.4 is 5.32 Å². The number of nitrogens with one attached hydrogen (secondary N) is 1. The summed E-state index contributed by atoms with van der Waals surface area (Å²) in [5, 5.41) is 3.57. The molecule has 0 aliphatic rings. The Kier molecular flexibility index (Phi) is 3.71. The zero-order chi connectivity index (χ0) is 16.4. The fourth-order valence-corrected chi connectivity index (χ4v) is 2.93. The van der Waals surface area contributed by atoms with Crippen molar-refractivity contribution in [2.45, 2.75) is 13.0 Å². The van der Waals surface area contributed by atoms with Gasteiger partial charge in [0.2, 0.25) is 0 Å². The smallest absolute Gasteiger partial charge is 0.180 e. The van der Waals surface area contributed by atoms with E-state index in [0.717, 1.165) is 17.2 Å². The van der Waals surface area contributed by atoms with Gasteiger partial charge in [0.05, 0.1) is 6.04 Å². The number of aromatic nitrogens is 3. The summed E-state index contributed by atoms with van der Waals surface area (Å²) in [6.07, 6.45) is 5.60. The van der Waals surface area contributed by atoms with Crippen molar-refractivity contribution >= 4 is 11.5 Å². The minimum Gasteiger partial charge on any atom is -0.356 e. The van der Waals surface area contributed by atoms with E-state index in [9.17, 15) is 0 Å². The van der Waals surface area contributed by atoms with Gasteiger partial charge in [0, 0.05) is 24.3 Å². The first kappa shape index (κ1) is 14.5. The number of fused-ring (bicyclic) bond motifs is 1. The summed E-state index contributed by atoms with van der Waals surface area (Å²) >= 11 is 0. The molecule has 0 spiro atoms. The third kappa shape index (κ3) is 2.63. The Morgan fingerprint density at radius 1 is 0.875 bits per heavy atom. The summed E-state index contributed by atoms with van der Waals surface area (Å²) < 4.78 is 2.04. The molecular weight excluding hydrogens is 296 g/mol. The van der Waals surface area contributed by atoms with Crippen LogP contribution in [0.1, 0.15) is 22.9 Å². The predicted molar refractivity (Wildman–Crippen MR) is 96.1 cm³/mol. The molecule has 24 heavy (non-hydrogen) atoms. The maximum Gasteiger partial charge on any atom is 0.180 e. The predicted octanol–water partition coefficient (Wildman–Crippen LogP) is 4.24. The van der Waals surface area contributed by atoms with Gasteiger partial charge in [-0.1, -0.05) is 60.7 Å². The molecule has 118 valence electrons. The molecule has 4 heteroatoms. The van der Waals surface area contributed by atoms with Gasteiger partial charge in [0.1, 0.15) is 0 Å². The van der Waals surface area contributed by atoms with E-state index in [0.29, 0.717) is 0 Å². The van der Waals surface area contributed by atoms with Crippen molar-refractivity contribution < 1.29 is 0 Å². The zero-order valence-electron chi connectivity index (χ0n) is 13.4. The van der Waals surface area contributed by atoms with Gasteiger partial charge in [-0.3, -0.25) is 4.40 Å². The molecule has 0 radical (unpaired) electrons. The lowest BCUT2D eigenvalue weighted by Gasteiger charge is -2.20. The van der Waals surface area contributed by atoms with Crippen LogP contribution in [-0.4, -0.2) is 14.4 Å². The molecule has 0 saturated carbocycles. The van der Waals surface area contributed by atoms with E-state index >= 15 is 0 Å². The first-order valence-corrected chi connectivity index (χ1v) is 7.98. The van der Waals surface area contributed by atoms with Crippen molar-refractivity contribution in [3.63, 3.8) is 0 Å². The number of aryl methyl sites for hydroxylation is 1. The lowest BCUT2D eigenvalue weighted by atomic mass is 9.99. The van der Waals surface area contributed by atoms with E-state index in [1.165, 1.54) is 11.1 Å². The van der Waals surface area contributed by atoms with E-state index < -0.39 is 0 Å². The summed E-state index contributed by atoms with van der Waals surface area (Å²) in [6, 6.07) is 20.8. The van der Waals surface area contributed by atoms with Crippen molar-refractivity contribution in [3.8, 4) is 0 Å². The van der Waals surface area contributed by atoms with E-state index in [1.807, 2.05) is 35.9 Å². The topological polar surface area (TPSA) is 42.2 Å². The van der Waals surface area contributed by atoms with Crippen LogP contribution in [0.15, 0.2) is 79.3 Å². The Labute approximate surface area is 140 Å². The third-order valence-corrected chi connectivity index (χ3v) is 4.16. The molecule has 0 aliphatic carbocycles. The first-order chi connectivity index (χ1) is 11.8. The molecule has 0 bridgehead atoms. The van der Waals surface area contributed by atoms with Crippen molar-refractivity contribution in [1.82, 2.24) is 14.4 Å². The molecule has 4 aromatic rings. The number of hydrogen-bond donors (Lipinski definition) is 1. The van der Waals surface area contributed by atoms with Crippen LogP contribution in [-0.2, 0) is 0 Å². The maximum atomic E-state index is 4.52. The van der Waals surface area contributed by atoms with Crippen LogP contribution in [0.25, 0.3) is 5.65 Å². The third-order valence-electron chi connectivity index (χ3n) is 4.16. The fourth-order valence-electron chi connectivity index (χ4n) is 2.93. The maximum absolute atomic E-state index is 4.52. The highest BCUT2D eigenvalue weighted by Gasteiger charge is 2.16. The second-order valence-electron chi connectivity index (χ2n) is 5.77. The molecule has 2 aromatic heterocycles. The zero-order valence-corrected chi connectivity index (χ0v) is 13.4. The highest BCUT2D eigenvalue weighted by molar-refractivity contribution is 5.64. The Bertz CT molecular complexity index is 906. The van der Waals surface area contributed by atoms with Gasteiger partial charge in [-0.15, -0.1) is 0 Å². The molecular formula is C20H18N4. The molecule has 2 heterocycles. The number of benzene rings is 2. The molecule has 1 N–H and O–H groups in total. The van der Waals surface area contributed by atoms with Crippen LogP contribution in [0.5, 0.6) is 0 Å². The van der Waals surface area contributed by atoms with Gasteiger partial charge in [0.25, 0.3) is 0 Å². The SMILES string of the molecule is Cc1cnc2c(NC(c3ccccc3)c3ccccc3)nccn12.